The number of nitrogens with zero attached hydrogens (tertiary/aromatic N) is 2. The fraction of sp³-hybridized carbons (Fsp3) is 0.458. The van der Waals surface area contributed by atoms with Crippen LogP contribution in [0.3, 0.4) is 0 Å². The van der Waals surface area contributed by atoms with Crippen LogP contribution in [-0.2, 0) is 57.6 Å². The number of aromatic amines is 2. The Labute approximate surface area is 404 Å². The number of nitrogens with one attached hydrogen (secondary N) is 9. The van der Waals surface area contributed by atoms with Gasteiger partial charge >= 0.3 is 0 Å². The van der Waals surface area contributed by atoms with Crippen molar-refractivity contribution in [2.45, 2.75) is 126 Å². The lowest BCUT2D eigenvalue weighted by atomic mass is 9.88. The highest BCUT2D eigenvalue weighted by atomic mass is 16.2. The first-order valence-electron chi connectivity index (χ1n) is 23.7. The third kappa shape index (κ3) is 14.9. The zero-order chi connectivity index (χ0) is 50.2. The number of nitrogens with two attached hydrogens (primary N) is 3. The number of aromatic nitrogens is 3. The number of H-pyrrole nitrogens is 2. The Morgan fingerprint density at radius 2 is 1.43 bits per heavy atom. The Morgan fingerprint density at radius 3 is 2.13 bits per heavy atom. The quantitative estimate of drug-likeness (QED) is 0.0399. The topological polar surface area (TPSA) is 356 Å². The van der Waals surface area contributed by atoms with Gasteiger partial charge < -0.3 is 64.4 Å². The maximum Gasteiger partial charge on any atom is 0.245 e. The average molecular weight is 965 g/mol. The van der Waals surface area contributed by atoms with Gasteiger partial charge in [-0.2, -0.15) is 0 Å². The van der Waals surface area contributed by atoms with Gasteiger partial charge in [-0.15, -0.1) is 0 Å². The fourth-order valence-corrected chi connectivity index (χ4v) is 8.76. The zero-order valence-electron chi connectivity index (χ0n) is 39.1. The van der Waals surface area contributed by atoms with Gasteiger partial charge in [0.25, 0.3) is 0 Å². The molecule has 4 aromatic rings. The lowest BCUT2D eigenvalue weighted by Crippen LogP contribution is -2.63. The van der Waals surface area contributed by atoms with Crippen LogP contribution in [0.4, 0.5) is 0 Å². The van der Waals surface area contributed by atoms with Gasteiger partial charge in [-0.05, 0) is 56.2 Å². The number of hydrogen-bond donors (Lipinski definition) is 12. The van der Waals surface area contributed by atoms with Crippen molar-refractivity contribution in [3.63, 3.8) is 0 Å². The second-order valence-electron chi connectivity index (χ2n) is 17.9. The molecule has 1 unspecified atom stereocenters. The van der Waals surface area contributed by atoms with E-state index in [4.69, 9.17) is 17.2 Å². The van der Waals surface area contributed by atoms with E-state index in [0.717, 1.165) is 30.2 Å². The zero-order valence-corrected chi connectivity index (χ0v) is 39.1. The Hall–Kier alpha value is -7.78. The second kappa shape index (κ2) is 25.0. The number of guanidine groups is 1. The summed E-state index contributed by atoms with van der Waals surface area (Å²) in [6.45, 7) is 1.53. The van der Waals surface area contributed by atoms with Crippen molar-refractivity contribution in [2.75, 3.05) is 6.54 Å². The SMILES string of the molecule is CC1NC(=O)CC[C@H](NC(=O)C2CCCCC2)C(=O)N[C@@H](Cc2cnc[nH]2)C(=O)N[C@H](Cc2ccccc2)C(=O)N[C@@H](CCCN=C(N)N)C(=O)N[C@@H]1C(=O)N[C@@H](Cc1c[nH]c2ccccc12)C(N)=O. The van der Waals surface area contributed by atoms with Gasteiger partial charge in [-0.3, -0.25) is 43.3 Å². The molecule has 0 radical (unpaired) electrons. The third-order valence-corrected chi connectivity index (χ3v) is 12.6. The van der Waals surface area contributed by atoms with E-state index in [1.807, 2.05) is 24.3 Å². The van der Waals surface area contributed by atoms with Gasteiger partial charge in [0, 0.05) is 67.1 Å². The van der Waals surface area contributed by atoms with Crippen molar-refractivity contribution in [3.05, 3.63) is 90.1 Å². The number of primary amides is 1. The van der Waals surface area contributed by atoms with Crippen LogP contribution < -0.4 is 54.4 Å². The molecule has 2 aliphatic rings. The predicted octanol–water partition coefficient (Wildman–Crippen LogP) is -0.755. The van der Waals surface area contributed by atoms with E-state index >= 15 is 0 Å². The van der Waals surface area contributed by atoms with Crippen LogP contribution in [0.15, 0.2) is 78.3 Å². The maximum absolute atomic E-state index is 14.5. The van der Waals surface area contributed by atoms with Gasteiger partial charge in [0.15, 0.2) is 5.96 Å². The van der Waals surface area contributed by atoms with E-state index < -0.39 is 83.6 Å². The number of aliphatic imine (C=N–C) groups is 1. The smallest absolute Gasteiger partial charge is 0.245 e. The lowest BCUT2D eigenvalue weighted by Gasteiger charge is -2.30. The van der Waals surface area contributed by atoms with Gasteiger partial charge in [-0.25, -0.2) is 4.98 Å². The van der Waals surface area contributed by atoms with Crippen molar-refractivity contribution < 1.29 is 38.4 Å². The number of rotatable bonds is 15. The molecule has 7 atom stereocenters. The van der Waals surface area contributed by atoms with Crippen LogP contribution in [0.2, 0.25) is 0 Å². The van der Waals surface area contributed by atoms with E-state index in [0.29, 0.717) is 29.7 Å². The largest absolute Gasteiger partial charge is 0.370 e. The molecule has 1 aliphatic carbocycles. The third-order valence-electron chi connectivity index (χ3n) is 12.6. The van der Waals surface area contributed by atoms with Crippen molar-refractivity contribution >= 4 is 64.1 Å². The summed E-state index contributed by atoms with van der Waals surface area (Å²) in [6.07, 6.45) is 7.84. The van der Waals surface area contributed by atoms with Crippen LogP contribution >= 0.6 is 0 Å². The molecule has 1 saturated carbocycles. The van der Waals surface area contributed by atoms with Gasteiger partial charge in [0.2, 0.25) is 47.3 Å². The summed E-state index contributed by atoms with van der Waals surface area (Å²) in [5, 5.41) is 20.0. The van der Waals surface area contributed by atoms with Crippen molar-refractivity contribution in [2.24, 2.45) is 28.1 Å². The molecular formula is C48H64N14O8. The lowest BCUT2D eigenvalue weighted by molar-refractivity contribution is -0.136. The first-order valence-corrected chi connectivity index (χ1v) is 23.7. The normalized spacial score (nSPS) is 22.7. The van der Waals surface area contributed by atoms with Crippen LogP contribution in [0, 0.1) is 5.92 Å². The minimum Gasteiger partial charge on any atom is -0.370 e. The predicted molar refractivity (Wildman–Crippen MR) is 259 cm³/mol. The van der Waals surface area contributed by atoms with Gasteiger partial charge in [-0.1, -0.05) is 67.8 Å². The molecular weight excluding hydrogens is 901 g/mol. The molecule has 0 bridgehead atoms. The molecule has 2 aromatic heterocycles. The summed E-state index contributed by atoms with van der Waals surface area (Å²) in [5.74, 6) is -6.52. The molecule has 15 N–H and O–H groups in total. The van der Waals surface area contributed by atoms with Crippen molar-refractivity contribution in [1.82, 2.24) is 52.2 Å². The first-order chi connectivity index (χ1) is 33.6. The Balaban J connectivity index is 1.35. The molecule has 22 nitrogen and oxygen atoms in total. The van der Waals surface area contributed by atoms with Crippen LogP contribution in [0.1, 0.15) is 81.5 Å². The van der Waals surface area contributed by atoms with E-state index in [-0.39, 0.29) is 69.3 Å². The summed E-state index contributed by atoms with van der Waals surface area (Å²) in [5.41, 5.74) is 19.6. The van der Waals surface area contributed by atoms with Gasteiger partial charge in [0.1, 0.15) is 36.3 Å². The number of para-hydroxylation sites is 1. The molecule has 70 heavy (non-hydrogen) atoms. The van der Waals surface area contributed by atoms with Crippen LogP contribution in [0.25, 0.3) is 10.9 Å². The van der Waals surface area contributed by atoms with Crippen molar-refractivity contribution in [1.29, 1.82) is 0 Å². The molecule has 6 rings (SSSR count). The Kier molecular flexibility index (Phi) is 18.4. The second-order valence-corrected chi connectivity index (χ2v) is 17.9. The number of carbonyl (C=O) groups is 8. The summed E-state index contributed by atoms with van der Waals surface area (Å²) in [4.78, 5) is 127. The fourth-order valence-electron chi connectivity index (χ4n) is 8.76. The molecule has 2 fully saturated rings. The van der Waals surface area contributed by atoms with Crippen LogP contribution in [-0.4, -0.2) is 117 Å². The molecule has 22 heteroatoms. The van der Waals surface area contributed by atoms with E-state index in [9.17, 15) is 38.4 Å². The van der Waals surface area contributed by atoms with Crippen molar-refractivity contribution in [3.8, 4) is 0 Å². The number of amides is 8. The molecule has 8 amide bonds. The Morgan fingerprint density at radius 1 is 0.757 bits per heavy atom. The van der Waals surface area contributed by atoms with Gasteiger partial charge in [0.05, 0.1) is 12.4 Å². The maximum atomic E-state index is 14.5. The molecule has 1 aliphatic heterocycles. The number of carbonyl (C=O) groups excluding carboxylic acids is 8. The molecule has 1 saturated heterocycles. The molecule has 374 valence electrons. The number of benzene rings is 2. The standard InChI is InChI=1S/C48H64N14O8/c1-27-40(47(70)59-36(41(49)64)22-30-24-54-33-16-9-8-15-32(30)33)62-44(67)34(17-10-20-53-48(50)51)58-45(68)37(21-28-11-4-2-5-12-28)60-46(69)38(23-31-25-52-26-55-31)61-43(66)35(18-19-39(63)56-27)57-42(65)29-13-6-3-7-14-29/h2,4-5,8-9,11-12,15-16,24-27,29,34-38,40,54H,3,6-7,10,13-14,17-23H2,1H3,(H2,49,64)(H,52,55)(H,56,63)(H,57,65)(H,58,68)(H,59,70)(H,60,69)(H,61,66)(H,62,67)(H4,50,51,53)/t27?,34-,35-,36-,37+,38-,40-/m0/s1. The first kappa shape index (κ1) is 51.6. The number of imidazole rings is 1. The summed E-state index contributed by atoms with van der Waals surface area (Å²) >= 11 is 0. The monoisotopic (exact) mass is 965 g/mol. The average Bonchev–Trinajstić information content (AvgIpc) is 4.02. The van der Waals surface area contributed by atoms with E-state index in [1.165, 1.54) is 19.4 Å². The summed E-state index contributed by atoms with van der Waals surface area (Å²) in [6, 6.07) is 6.81. The molecule has 3 heterocycles. The minimum absolute atomic E-state index is 0.0245. The summed E-state index contributed by atoms with van der Waals surface area (Å²) < 4.78 is 0. The minimum atomic E-state index is -1.58. The highest BCUT2D eigenvalue weighted by Gasteiger charge is 2.37. The number of hydrogen-bond acceptors (Lipinski definition) is 10. The highest BCUT2D eigenvalue weighted by molar-refractivity contribution is 5.98. The Bertz CT molecular complexity index is 2490. The van der Waals surface area contributed by atoms with E-state index in [1.54, 1.807) is 36.5 Å². The summed E-state index contributed by atoms with van der Waals surface area (Å²) in [7, 11) is 0. The number of fused-ring (bicyclic) bond motifs is 1. The highest BCUT2D eigenvalue weighted by Crippen LogP contribution is 2.24. The van der Waals surface area contributed by atoms with E-state index in [2.05, 4.69) is 57.2 Å². The van der Waals surface area contributed by atoms with Crippen LogP contribution in [0.5, 0.6) is 0 Å². The molecule has 2 aromatic carbocycles. The molecule has 0 spiro atoms.